The molecule has 1 saturated heterocycles. The van der Waals surface area contributed by atoms with Crippen LogP contribution >= 0.6 is 11.8 Å². The number of benzene rings is 1. The van der Waals surface area contributed by atoms with Crippen LogP contribution in [0.1, 0.15) is 58.9 Å². The lowest BCUT2D eigenvalue weighted by atomic mass is 9.64. The average molecular weight is 457 g/mol. The highest BCUT2D eigenvalue weighted by atomic mass is 32.2. The number of allylic oxidation sites excluding steroid dienone is 1. The molecular formula is C26H36N2O3S. The molecular weight excluding hydrogens is 420 g/mol. The summed E-state index contributed by atoms with van der Waals surface area (Å²) in [7, 11) is 0. The molecule has 3 aliphatic rings. The molecule has 2 aliphatic heterocycles. The van der Waals surface area contributed by atoms with E-state index in [1.807, 2.05) is 23.9 Å². The van der Waals surface area contributed by atoms with Crippen LogP contribution in [0.25, 0.3) is 5.57 Å². The first-order valence-electron chi connectivity index (χ1n) is 11.9. The Morgan fingerprint density at radius 2 is 2.03 bits per heavy atom. The van der Waals surface area contributed by atoms with E-state index in [0.717, 1.165) is 37.1 Å². The normalized spacial score (nSPS) is 30.8. The Balaban J connectivity index is 1.47. The summed E-state index contributed by atoms with van der Waals surface area (Å²) < 4.78 is 5.93. The van der Waals surface area contributed by atoms with E-state index in [1.54, 1.807) is 11.8 Å². The standard InChI is InChI=1S/C26H36N2O3S/c1-17(2)22-9-12-26(4,15-23(22)27-18(3)29)24-16-28(25(30)31-24)21-7-5-19(6-8-21)20-10-13-32-14-11-20/h5-8,10,17,22-24H,9,11-16H2,1-4H3,(H,27,29). The number of anilines is 1. The summed E-state index contributed by atoms with van der Waals surface area (Å²) in [5, 5.41) is 3.18. The maximum Gasteiger partial charge on any atom is 0.414 e. The van der Waals surface area contributed by atoms with Gasteiger partial charge in [-0.05, 0) is 66.5 Å². The third-order valence-electron chi connectivity index (χ3n) is 7.60. The minimum atomic E-state index is -0.265. The molecule has 1 saturated carbocycles. The number of nitrogens with zero attached hydrogens (tertiary/aromatic N) is 1. The molecule has 0 spiro atoms. The number of nitrogens with one attached hydrogen (secondary N) is 1. The van der Waals surface area contributed by atoms with Crippen LogP contribution in [0.4, 0.5) is 10.5 Å². The molecule has 174 valence electrons. The van der Waals surface area contributed by atoms with Gasteiger partial charge in [-0.25, -0.2) is 4.79 Å². The number of amides is 2. The first kappa shape index (κ1) is 23.2. The molecule has 2 heterocycles. The molecule has 1 aromatic carbocycles. The smallest absolute Gasteiger partial charge is 0.414 e. The van der Waals surface area contributed by atoms with Crippen molar-refractivity contribution in [3.05, 3.63) is 35.9 Å². The van der Waals surface area contributed by atoms with Crippen LogP contribution in [-0.4, -0.2) is 42.2 Å². The zero-order chi connectivity index (χ0) is 22.9. The monoisotopic (exact) mass is 456 g/mol. The minimum Gasteiger partial charge on any atom is -0.443 e. The van der Waals surface area contributed by atoms with Crippen molar-refractivity contribution in [1.29, 1.82) is 0 Å². The molecule has 6 heteroatoms. The van der Waals surface area contributed by atoms with Gasteiger partial charge in [0.15, 0.2) is 0 Å². The van der Waals surface area contributed by atoms with Gasteiger partial charge in [0.1, 0.15) is 6.10 Å². The molecule has 1 aromatic rings. The molecule has 2 fully saturated rings. The van der Waals surface area contributed by atoms with Crippen LogP contribution in [0.15, 0.2) is 30.3 Å². The lowest BCUT2D eigenvalue weighted by Gasteiger charge is -2.46. The predicted octanol–water partition coefficient (Wildman–Crippen LogP) is 5.50. The summed E-state index contributed by atoms with van der Waals surface area (Å²) in [5.74, 6) is 3.23. The highest BCUT2D eigenvalue weighted by Crippen LogP contribution is 2.46. The van der Waals surface area contributed by atoms with Gasteiger partial charge in [0.05, 0.1) is 6.54 Å². The summed E-state index contributed by atoms with van der Waals surface area (Å²) >= 11 is 1.97. The highest BCUT2D eigenvalue weighted by Gasteiger charge is 2.49. The highest BCUT2D eigenvalue weighted by molar-refractivity contribution is 7.99. The topological polar surface area (TPSA) is 58.6 Å². The second-order valence-corrected chi connectivity index (χ2v) is 11.3. The van der Waals surface area contributed by atoms with Crippen LogP contribution in [0.5, 0.6) is 0 Å². The number of ether oxygens (including phenoxy) is 1. The van der Waals surface area contributed by atoms with Gasteiger partial charge in [-0.2, -0.15) is 11.8 Å². The van der Waals surface area contributed by atoms with E-state index in [0.29, 0.717) is 18.4 Å². The Labute approximate surface area is 196 Å². The van der Waals surface area contributed by atoms with Crippen molar-refractivity contribution in [1.82, 2.24) is 5.32 Å². The van der Waals surface area contributed by atoms with Crippen molar-refractivity contribution in [2.75, 3.05) is 23.0 Å². The summed E-state index contributed by atoms with van der Waals surface area (Å²) in [6.45, 7) is 8.83. The second kappa shape index (κ2) is 9.50. The number of carbonyl (C=O) groups is 2. The van der Waals surface area contributed by atoms with Gasteiger partial charge >= 0.3 is 6.09 Å². The third-order valence-corrected chi connectivity index (χ3v) is 8.49. The molecule has 5 nitrogen and oxygen atoms in total. The van der Waals surface area contributed by atoms with E-state index >= 15 is 0 Å². The third kappa shape index (κ3) is 4.85. The van der Waals surface area contributed by atoms with Crippen molar-refractivity contribution < 1.29 is 14.3 Å². The molecule has 1 aliphatic carbocycles. The number of rotatable bonds is 5. The summed E-state index contributed by atoms with van der Waals surface area (Å²) in [5.41, 5.74) is 3.39. The number of thioether (sulfide) groups is 1. The maximum atomic E-state index is 12.8. The van der Waals surface area contributed by atoms with Crippen molar-refractivity contribution in [3.63, 3.8) is 0 Å². The molecule has 4 atom stereocenters. The fourth-order valence-corrected chi connectivity index (χ4v) is 6.49. The Morgan fingerprint density at radius 1 is 1.28 bits per heavy atom. The number of cyclic esters (lactones) is 1. The molecule has 2 amide bonds. The molecule has 32 heavy (non-hydrogen) atoms. The van der Waals surface area contributed by atoms with Gasteiger partial charge in [-0.3, -0.25) is 9.69 Å². The number of hydrogen-bond donors (Lipinski definition) is 1. The lowest BCUT2D eigenvalue weighted by Crippen LogP contribution is -2.51. The van der Waals surface area contributed by atoms with Crippen molar-refractivity contribution in [3.8, 4) is 0 Å². The van der Waals surface area contributed by atoms with E-state index in [4.69, 9.17) is 4.74 Å². The molecule has 1 N–H and O–H groups in total. The summed E-state index contributed by atoms with van der Waals surface area (Å²) in [6, 6.07) is 8.46. The Hall–Kier alpha value is -1.95. The van der Waals surface area contributed by atoms with Gasteiger partial charge in [-0.1, -0.05) is 39.0 Å². The first-order chi connectivity index (χ1) is 15.3. The fraction of sp³-hybridized carbons (Fsp3) is 0.615. The number of hydrogen-bond acceptors (Lipinski definition) is 4. The van der Waals surface area contributed by atoms with E-state index < -0.39 is 0 Å². The van der Waals surface area contributed by atoms with E-state index in [1.165, 1.54) is 16.9 Å². The van der Waals surface area contributed by atoms with Gasteiger partial charge in [0.25, 0.3) is 0 Å². The van der Waals surface area contributed by atoms with Crippen LogP contribution in [0.2, 0.25) is 0 Å². The van der Waals surface area contributed by atoms with Crippen LogP contribution in [0.3, 0.4) is 0 Å². The minimum absolute atomic E-state index is 0.0155. The van der Waals surface area contributed by atoms with Gasteiger partial charge < -0.3 is 10.1 Å². The molecule has 0 bridgehead atoms. The average Bonchev–Trinajstić information content (AvgIpc) is 3.16. The van der Waals surface area contributed by atoms with Crippen molar-refractivity contribution in [2.45, 2.75) is 65.5 Å². The van der Waals surface area contributed by atoms with Crippen LogP contribution < -0.4 is 10.2 Å². The fourth-order valence-electron chi connectivity index (χ4n) is 5.64. The maximum absolute atomic E-state index is 12.8. The Kier molecular flexibility index (Phi) is 6.89. The van der Waals surface area contributed by atoms with E-state index in [9.17, 15) is 9.59 Å². The molecule has 4 unspecified atom stereocenters. The van der Waals surface area contributed by atoms with E-state index in [-0.39, 0.29) is 29.6 Å². The quantitative estimate of drug-likeness (QED) is 0.636. The predicted molar refractivity (Wildman–Crippen MR) is 132 cm³/mol. The van der Waals surface area contributed by atoms with Gasteiger partial charge in [-0.15, -0.1) is 0 Å². The van der Waals surface area contributed by atoms with Crippen LogP contribution in [0, 0.1) is 17.3 Å². The Morgan fingerprint density at radius 3 is 2.66 bits per heavy atom. The number of carbonyl (C=O) groups excluding carboxylic acids is 2. The molecule has 0 radical (unpaired) electrons. The van der Waals surface area contributed by atoms with Crippen molar-refractivity contribution >= 4 is 35.0 Å². The lowest BCUT2D eigenvalue weighted by molar-refractivity contribution is -0.121. The van der Waals surface area contributed by atoms with Crippen LogP contribution in [-0.2, 0) is 9.53 Å². The zero-order valence-electron chi connectivity index (χ0n) is 19.7. The summed E-state index contributed by atoms with van der Waals surface area (Å²) in [6.07, 6.45) is 5.85. The van der Waals surface area contributed by atoms with Gasteiger partial charge in [0.2, 0.25) is 5.91 Å². The first-order valence-corrected chi connectivity index (χ1v) is 13.0. The summed E-state index contributed by atoms with van der Waals surface area (Å²) in [4.78, 5) is 26.4. The molecule has 0 aromatic heterocycles. The van der Waals surface area contributed by atoms with Crippen molar-refractivity contribution in [2.24, 2.45) is 17.3 Å². The molecule has 4 rings (SSSR count). The zero-order valence-corrected chi connectivity index (χ0v) is 20.5. The Bertz CT molecular complexity index is 882. The largest absolute Gasteiger partial charge is 0.443 e. The van der Waals surface area contributed by atoms with Gasteiger partial charge in [0, 0.05) is 29.8 Å². The van der Waals surface area contributed by atoms with E-state index in [2.05, 4.69) is 44.3 Å². The SMILES string of the molecule is CC(=O)NC1CC(C)(C2CN(c3ccc(C4=CCSCC4)cc3)C(=O)O2)CCC1C(C)C. The second-order valence-electron chi connectivity index (χ2n) is 10.2.